The highest BCUT2D eigenvalue weighted by Gasteiger charge is 2.12. The number of nitrogens with zero attached hydrogens (tertiary/aromatic N) is 6. The average molecular weight is 348 g/mol. The minimum Gasteiger partial charge on any atom is -0.344 e. The average Bonchev–Trinajstić information content (AvgIpc) is 2.92. The molecule has 3 heterocycles. The monoisotopic (exact) mass is 347 g/mol. The van der Waals surface area contributed by atoms with Crippen molar-refractivity contribution in [1.29, 1.82) is 0 Å². The number of aromatic nitrogens is 6. The molecule has 0 saturated heterocycles. The number of hydrogen-bond donors (Lipinski definition) is 1. The minimum absolute atomic E-state index is 0.299. The van der Waals surface area contributed by atoms with Gasteiger partial charge >= 0.3 is 0 Å². The summed E-state index contributed by atoms with van der Waals surface area (Å²) in [5.41, 5.74) is 1.62. The summed E-state index contributed by atoms with van der Waals surface area (Å²) < 4.78 is 14.8. The maximum absolute atomic E-state index is 12.9. The van der Waals surface area contributed by atoms with Crippen LogP contribution in [0.2, 0.25) is 5.15 Å². The third kappa shape index (κ3) is 4.02. The molecule has 3 aromatic heterocycles. The van der Waals surface area contributed by atoms with Crippen LogP contribution >= 0.6 is 11.6 Å². The van der Waals surface area contributed by atoms with Gasteiger partial charge in [-0.3, -0.25) is 0 Å². The number of nitrogens with one attached hydrogen (secondary N) is 1. The molecule has 124 valence electrons. The van der Waals surface area contributed by atoms with E-state index in [9.17, 15) is 4.39 Å². The van der Waals surface area contributed by atoms with E-state index in [-0.39, 0.29) is 6.04 Å². The Kier molecular flexibility index (Phi) is 4.66. The number of hydrogen-bond acceptors (Lipinski definition) is 6. The first-order valence-electron chi connectivity index (χ1n) is 7.24. The number of anilines is 1. The highest BCUT2D eigenvalue weighted by molar-refractivity contribution is 6.29. The first-order valence-corrected chi connectivity index (χ1v) is 7.61. The fourth-order valence-corrected chi connectivity index (χ4v) is 2.37. The number of aryl methyl sites for hydroxylation is 1. The predicted molar refractivity (Wildman–Crippen MR) is 87.1 cm³/mol. The molecule has 0 unspecified atom stereocenters. The zero-order valence-electron chi connectivity index (χ0n) is 13.1. The summed E-state index contributed by atoms with van der Waals surface area (Å²) in [5, 5.41) is 3.39. The van der Waals surface area contributed by atoms with E-state index in [2.05, 4.69) is 30.2 Å². The first-order chi connectivity index (χ1) is 11.5. The van der Waals surface area contributed by atoms with Crippen molar-refractivity contribution in [3.63, 3.8) is 0 Å². The van der Waals surface area contributed by atoms with Crippen LogP contribution in [0.3, 0.4) is 0 Å². The molecule has 1 N–H and O–H groups in total. The van der Waals surface area contributed by atoms with E-state index in [0.29, 0.717) is 23.3 Å². The number of rotatable bonds is 5. The second kappa shape index (κ2) is 6.88. The Morgan fingerprint density at radius 2 is 1.96 bits per heavy atom. The topological polar surface area (TPSA) is 81.4 Å². The van der Waals surface area contributed by atoms with E-state index in [0.717, 1.165) is 23.8 Å². The molecule has 24 heavy (non-hydrogen) atoms. The van der Waals surface area contributed by atoms with Gasteiger partial charge in [0.05, 0.1) is 36.2 Å². The molecule has 0 aliphatic rings. The molecule has 0 bridgehead atoms. The van der Waals surface area contributed by atoms with Gasteiger partial charge in [0.2, 0.25) is 5.95 Å². The Balaban J connectivity index is 1.76. The van der Waals surface area contributed by atoms with Gasteiger partial charge in [-0.05, 0) is 13.0 Å². The van der Waals surface area contributed by atoms with Crippen LogP contribution in [0.1, 0.15) is 30.2 Å². The van der Waals surface area contributed by atoms with Crippen molar-refractivity contribution in [3.05, 3.63) is 59.2 Å². The standard InChI is InChI=1S/C15H15ClFN7/c1-9(14-18-5-10(17)6-19-14)21-15-22-11(4-13(16)23-15)3-12-7-24(2)8-20-12/h4-9H,3H2,1-2H3,(H,21,22,23)/t9-/m0/s1. The van der Waals surface area contributed by atoms with Crippen LogP contribution in [0.25, 0.3) is 0 Å². The Morgan fingerprint density at radius 3 is 2.62 bits per heavy atom. The lowest BCUT2D eigenvalue weighted by atomic mass is 10.2. The molecular weight excluding hydrogens is 333 g/mol. The van der Waals surface area contributed by atoms with Crippen molar-refractivity contribution in [1.82, 2.24) is 29.5 Å². The lowest BCUT2D eigenvalue weighted by molar-refractivity contribution is 0.604. The summed E-state index contributed by atoms with van der Waals surface area (Å²) in [4.78, 5) is 20.7. The van der Waals surface area contributed by atoms with Crippen molar-refractivity contribution in [2.24, 2.45) is 7.05 Å². The lowest BCUT2D eigenvalue weighted by Crippen LogP contribution is -2.13. The fourth-order valence-electron chi connectivity index (χ4n) is 2.17. The van der Waals surface area contributed by atoms with Crippen LogP contribution < -0.4 is 5.32 Å². The van der Waals surface area contributed by atoms with Crippen molar-refractivity contribution in [2.45, 2.75) is 19.4 Å². The summed E-state index contributed by atoms with van der Waals surface area (Å²) in [6, 6.07) is 1.40. The molecular formula is C15H15ClFN7. The largest absolute Gasteiger partial charge is 0.344 e. The van der Waals surface area contributed by atoms with E-state index >= 15 is 0 Å². The third-order valence-electron chi connectivity index (χ3n) is 3.24. The van der Waals surface area contributed by atoms with Crippen LogP contribution in [0.5, 0.6) is 0 Å². The van der Waals surface area contributed by atoms with Crippen molar-refractivity contribution < 1.29 is 4.39 Å². The normalized spacial score (nSPS) is 12.2. The summed E-state index contributed by atoms with van der Waals surface area (Å²) in [7, 11) is 1.90. The van der Waals surface area contributed by atoms with Gasteiger partial charge in [0.15, 0.2) is 5.82 Å². The van der Waals surface area contributed by atoms with Gasteiger partial charge in [-0.15, -0.1) is 0 Å². The SMILES string of the molecule is C[C@H](Nc1nc(Cl)cc(Cc2cn(C)cn2)n1)c1ncc(F)cn1. The summed E-state index contributed by atoms with van der Waals surface area (Å²) in [6.07, 6.45) is 6.42. The molecule has 7 nitrogen and oxygen atoms in total. The molecule has 1 atom stereocenters. The van der Waals surface area contributed by atoms with Crippen LogP contribution in [0, 0.1) is 5.82 Å². The van der Waals surface area contributed by atoms with Gasteiger partial charge < -0.3 is 9.88 Å². The van der Waals surface area contributed by atoms with Crippen LogP contribution in [-0.2, 0) is 13.5 Å². The first kappa shape index (κ1) is 16.3. The van der Waals surface area contributed by atoms with Gasteiger partial charge in [-0.25, -0.2) is 29.3 Å². The Bertz CT molecular complexity index is 834. The minimum atomic E-state index is -0.484. The van der Waals surface area contributed by atoms with E-state index in [4.69, 9.17) is 11.6 Å². The second-order valence-corrected chi connectivity index (χ2v) is 5.73. The number of imidazole rings is 1. The Labute approximate surface area is 143 Å². The second-order valence-electron chi connectivity index (χ2n) is 5.34. The van der Waals surface area contributed by atoms with Crippen molar-refractivity contribution in [2.75, 3.05) is 5.32 Å². The van der Waals surface area contributed by atoms with Gasteiger partial charge in [-0.1, -0.05) is 11.6 Å². The molecule has 0 aliphatic carbocycles. The zero-order valence-corrected chi connectivity index (χ0v) is 13.9. The summed E-state index contributed by atoms with van der Waals surface area (Å²) >= 11 is 6.07. The number of halogens is 2. The fraction of sp³-hybridized carbons (Fsp3) is 0.267. The van der Waals surface area contributed by atoms with Crippen LogP contribution in [-0.4, -0.2) is 29.5 Å². The van der Waals surface area contributed by atoms with Crippen LogP contribution in [0.4, 0.5) is 10.3 Å². The van der Waals surface area contributed by atoms with Gasteiger partial charge in [0.1, 0.15) is 11.0 Å². The van der Waals surface area contributed by atoms with E-state index < -0.39 is 5.82 Å². The van der Waals surface area contributed by atoms with Crippen molar-refractivity contribution in [3.8, 4) is 0 Å². The zero-order chi connectivity index (χ0) is 17.1. The maximum Gasteiger partial charge on any atom is 0.224 e. The highest BCUT2D eigenvalue weighted by atomic mass is 35.5. The molecule has 0 amide bonds. The maximum atomic E-state index is 12.9. The van der Waals surface area contributed by atoms with E-state index in [1.165, 1.54) is 0 Å². The molecule has 0 fully saturated rings. The van der Waals surface area contributed by atoms with Crippen molar-refractivity contribution >= 4 is 17.5 Å². The molecule has 0 aliphatic heterocycles. The predicted octanol–water partition coefficient (Wildman–Crippen LogP) is 2.56. The molecule has 3 rings (SSSR count). The Morgan fingerprint density at radius 1 is 1.21 bits per heavy atom. The van der Waals surface area contributed by atoms with Gasteiger partial charge in [-0.2, -0.15) is 0 Å². The van der Waals surface area contributed by atoms with Crippen LogP contribution in [0.15, 0.2) is 31.0 Å². The van der Waals surface area contributed by atoms with E-state index in [1.54, 1.807) is 12.4 Å². The molecule has 0 radical (unpaired) electrons. The third-order valence-corrected chi connectivity index (χ3v) is 3.44. The summed E-state index contributed by atoms with van der Waals surface area (Å²) in [6.45, 7) is 1.83. The molecule has 0 spiro atoms. The summed E-state index contributed by atoms with van der Waals surface area (Å²) in [5.74, 6) is 0.308. The Hall–Kier alpha value is -2.61. The quantitative estimate of drug-likeness (QED) is 0.714. The molecule has 0 aromatic carbocycles. The van der Waals surface area contributed by atoms with Gasteiger partial charge in [0.25, 0.3) is 0 Å². The molecule has 9 heteroatoms. The molecule has 0 saturated carbocycles. The van der Waals surface area contributed by atoms with E-state index in [1.807, 2.05) is 24.7 Å². The highest BCUT2D eigenvalue weighted by Crippen LogP contribution is 2.17. The lowest BCUT2D eigenvalue weighted by Gasteiger charge is -2.13. The smallest absolute Gasteiger partial charge is 0.224 e. The van der Waals surface area contributed by atoms with Gasteiger partial charge in [0, 0.05) is 19.7 Å². The molecule has 3 aromatic rings.